The van der Waals surface area contributed by atoms with E-state index in [9.17, 15) is 4.79 Å². The van der Waals surface area contributed by atoms with Crippen LogP contribution in [0.1, 0.15) is 40.5 Å². The third kappa shape index (κ3) is 5.36. The lowest BCUT2D eigenvalue weighted by molar-refractivity contribution is -0.124. The molecule has 0 saturated carbocycles. The molecule has 1 aliphatic rings. The van der Waals surface area contributed by atoms with Gasteiger partial charge in [-0.25, -0.2) is 0 Å². The fraction of sp³-hybridized carbons (Fsp3) is 0.929. The molecule has 0 spiro atoms. The number of hydrogen-bond acceptors (Lipinski definition) is 3. The number of hydrogen-bond donors (Lipinski definition) is 2. The highest BCUT2D eigenvalue weighted by molar-refractivity contribution is 5.78. The first kappa shape index (κ1) is 15.4. The van der Waals surface area contributed by atoms with E-state index in [1.165, 1.54) is 12.8 Å². The van der Waals surface area contributed by atoms with E-state index in [1.807, 2.05) is 27.8 Å². The summed E-state index contributed by atoms with van der Waals surface area (Å²) in [5, 5.41) is 6.35. The van der Waals surface area contributed by atoms with Crippen molar-refractivity contribution in [1.82, 2.24) is 15.5 Å². The topological polar surface area (TPSA) is 44.4 Å². The molecule has 0 bridgehead atoms. The quantitative estimate of drug-likeness (QED) is 0.794. The van der Waals surface area contributed by atoms with Crippen molar-refractivity contribution in [3.05, 3.63) is 0 Å². The van der Waals surface area contributed by atoms with E-state index in [4.69, 9.17) is 0 Å². The molecular formula is C14H29N3O. The maximum Gasteiger partial charge on any atom is 0.234 e. The second-order valence-corrected chi connectivity index (χ2v) is 6.51. The number of nitrogens with zero attached hydrogens (tertiary/aromatic N) is 1. The molecular weight excluding hydrogens is 226 g/mol. The van der Waals surface area contributed by atoms with Gasteiger partial charge in [0.05, 0.1) is 6.54 Å². The maximum atomic E-state index is 11.9. The summed E-state index contributed by atoms with van der Waals surface area (Å²) in [5.41, 5.74) is -0.134. The summed E-state index contributed by atoms with van der Waals surface area (Å²) in [7, 11) is 2.01. The van der Waals surface area contributed by atoms with Crippen molar-refractivity contribution in [3.63, 3.8) is 0 Å². The largest absolute Gasteiger partial charge is 0.350 e. The van der Waals surface area contributed by atoms with Gasteiger partial charge in [-0.3, -0.25) is 9.69 Å². The first-order valence-electron chi connectivity index (χ1n) is 7.02. The Labute approximate surface area is 111 Å². The predicted octanol–water partition coefficient (Wildman–Crippen LogP) is 1.22. The molecule has 0 aromatic heterocycles. The van der Waals surface area contributed by atoms with Crippen LogP contribution < -0.4 is 10.6 Å². The zero-order valence-electron chi connectivity index (χ0n) is 12.5. The lowest BCUT2D eigenvalue weighted by Gasteiger charge is -2.35. The molecule has 0 aliphatic carbocycles. The van der Waals surface area contributed by atoms with E-state index >= 15 is 0 Å². The van der Waals surface area contributed by atoms with Crippen LogP contribution in [0.4, 0.5) is 0 Å². The summed E-state index contributed by atoms with van der Waals surface area (Å²) in [6.45, 7) is 10.9. The minimum atomic E-state index is -0.134. The summed E-state index contributed by atoms with van der Waals surface area (Å²) in [6.07, 6.45) is 2.46. The van der Waals surface area contributed by atoms with Gasteiger partial charge in [0, 0.05) is 18.1 Å². The molecule has 2 atom stereocenters. The average molecular weight is 255 g/mol. The molecule has 1 fully saturated rings. The third-order valence-corrected chi connectivity index (χ3v) is 3.59. The first-order valence-corrected chi connectivity index (χ1v) is 7.02. The van der Waals surface area contributed by atoms with E-state index in [2.05, 4.69) is 22.5 Å². The van der Waals surface area contributed by atoms with Crippen LogP contribution in [0, 0.1) is 5.92 Å². The summed E-state index contributed by atoms with van der Waals surface area (Å²) in [5.74, 6) is 0.798. The van der Waals surface area contributed by atoms with Crippen molar-refractivity contribution in [2.24, 2.45) is 5.92 Å². The van der Waals surface area contributed by atoms with E-state index in [0.717, 1.165) is 13.1 Å². The van der Waals surface area contributed by atoms with Crippen LogP contribution in [0.3, 0.4) is 0 Å². The van der Waals surface area contributed by atoms with E-state index in [0.29, 0.717) is 18.5 Å². The third-order valence-electron chi connectivity index (χ3n) is 3.59. The molecule has 106 valence electrons. The SMILES string of the molecule is CNC(C)C1CCCN(CC(=O)NC(C)(C)C)C1. The molecule has 2 unspecified atom stereocenters. The Morgan fingerprint density at radius 1 is 1.44 bits per heavy atom. The van der Waals surface area contributed by atoms with E-state index in [-0.39, 0.29) is 11.4 Å². The van der Waals surface area contributed by atoms with Gasteiger partial charge in [-0.1, -0.05) is 0 Å². The molecule has 4 heteroatoms. The summed E-state index contributed by atoms with van der Waals surface area (Å²) >= 11 is 0. The van der Waals surface area contributed by atoms with Crippen molar-refractivity contribution < 1.29 is 4.79 Å². The van der Waals surface area contributed by atoms with Gasteiger partial charge in [-0.05, 0) is 60.0 Å². The molecule has 1 aliphatic heterocycles. The maximum absolute atomic E-state index is 11.9. The van der Waals surface area contributed by atoms with Crippen LogP contribution in [-0.2, 0) is 4.79 Å². The van der Waals surface area contributed by atoms with Crippen LogP contribution in [-0.4, -0.2) is 49.1 Å². The molecule has 2 N–H and O–H groups in total. The Balaban J connectivity index is 2.40. The van der Waals surface area contributed by atoms with Crippen molar-refractivity contribution in [3.8, 4) is 0 Å². The van der Waals surface area contributed by atoms with Gasteiger partial charge in [0.15, 0.2) is 0 Å². The highest BCUT2D eigenvalue weighted by Crippen LogP contribution is 2.19. The van der Waals surface area contributed by atoms with Gasteiger partial charge in [0.2, 0.25) is 5.91 Å². The summed E-state index contributed by atoms with van der Waals surface area (Å²) in [4.78, 5) is 14.2. The Morgan fingerprint density at radius 2 is 2.11 bits per heavy atom. The Kier molecular flexibility index (Phi) is 5.60. The molecule has 4 nitrogen and oxygen atoms in total. The monoisotopic (exact) mass is 255 g/mol. The van der Waals surface area contributed by atoms with Crippen molar-refractivity contribution in [1.29, 1.82) is 0 Å². The second kappa shape index (κ2) is 6.53. The molecule has 0 aromatic carbocycles. The predicted molar refractivity (Wildman–Crippen MR) is 75.6 cm³/mol. The van der Waals surface area contributed by atoms with E-state index in [1.54, 1.807) is 0 Å². The normalized spacial score (nSPS) is 23.7. The van der Waals surface area contributed by atoms with Crippen LogP contribution >= 0.6 is 0 Å². The second-order valence-electron chi connectivity index (χ2n) is 6.51. The number of nitrogens with one attached hydrogen (secondary N) is 2. The Hall–Kier alpha value is -0.610. The Morgan fingerprint density at radius 3 is 2.67 bits per heavy atom. The minimum absolute atomic E-state index is 0.134. The molecule has 18 heavy (non-hydrogen) atoms. The average Bonchev–Trinajstić information content (AvgIpc) is 2.25. The molecule has 0 aromatic rings. The van der Waals surface area contributed by atoms with Crippen molar-refractivity contribution >= 4 is 5.91 Å². The zero-order valence-corrected chi connectivity index (χ0v) is 12.5. The fourth-order valence-electron chi connectivity index (χ4n) is 2.54. The standard InChI is InChI=1S/C14H29N3O/c1-11(15-5)12-7-6-8-17(9-12)10-13(18)16-14(2,3)4/h11-12,15H,6-10H2,1-5H3,(H,16,18). The fourth-order valence-corrected chi connectivity index (χ4v) is 2.54. The molecule has 1 saturated heterocycles. The summed E-state index contributed by atoms with van der Waals surface area (Å²) in [6, 6.07) is 0.526. The number of rotatable bonds is 4. The molecule has 1 rings (SSSR count). The van der Waals surface area contributed by atoms with Crippen LogP contribution in [0.5, 0.6) is 0 Å². The highest BCUT2D eigenvalue weighted by atomic mass is 16.2. The minimum Gasteiger partial charge on any atom is -0.350 e. The van der Waals surface area contributed by atoms with Gasteiger partial charge in [-0.2, -0.15) is 0 Å². The van der Waals surface area contributed by atoms with Crippen LogP contribution in [0.2, 0.25) is 0 Å². The number of piperidine rings is 1. The highest BCUT2D eigenvalue weighted by Gasteiger charge is 2.25. The molecule has 1 heterocycles. The van der Waals surface area contributed by atoms with E-state index < -0.39 is 0 Å². The van der Waals surface area contributed by atoms with Gasteiger partial charge >= 0.3 is 0 Å². The molecule has 1 amide bonds. The van der Waals surface area contributed by atoms with Gasteiger partial charge < -0.3 is 10.6 Å². The van der Waals surface area contributed by atoms with Crippen molar-refractivity contribution in [2.75, 3.05) is 26.7 Å². The number of carbonyl (C=O) groups is 1. The smallest absolute Gasteiger partial charge is 0.234 e. The lowest BCUT2D eigenvalue weighted by Crippen LogP contribution is -2.49. The zero-order chi connectivity index (χ0) is 13.8. The van der Waals surface area contributed by atoms with Gasteiger partial charge in [0.1, 0.15) is 0 Å². The van der Waals surface area contributed by atoms with Crippen molar-refractivity contribution in [2.45, 2.75) is 52.1 Å². The first-order chi connectivity index (χ1) is 8.31. The van der Waals surface area contributed by atoms with Gasteiger partial charge in [0.25, 0.3) is 0 Å². The number of amides is 1. The molecule has 0 radical (unpaired) electrons. The lowest BCUT2D eigenvalue weighted by atomic mass is 9.91. The van der Waals surface area contributed by atoms with Gasteiger partial charge in [-0.15, -0.1) is 0 Å². The number of likely N-dealkylation sites (tertiary alicyclic amines) is 1. The summed E-state index contributed by atoms with van der Waals surface area (Å²) < 4.78 is 0. The Bertz CT molecular complexity index is 273. The van der Waals surface area contributed by atoms with Crippen LogP contribution in [0.15, 0.2) is 0 Å². The van der Waals surface area contributed by atoms with Crippen LogP contribution in [0.25, 0.3) is 0 Å². The number of carbonyl (C=O) groups excluding carboxylic acids is 1.